The van der Waals surface area contributed by atoms with E-state index in [9.17, 15) is 0 Å². The fraction of sp³-hybridized carbons (Fsp3) is 0.167. The molecule has 84 valence electrons. The van der Waals surface area contributed by atoms with Crippen molar-refractivity contribution in [1.29, 1.82) is 0 Å². The molecule has 2 rings (SSSR count). The van der Waals surface area contributed by atoms with Gasteiger partial charge in [0.2, 0.25) is 0 Å². The van der Waals surface area contributed by atoms with E-state index < -0.39 is 0 Å². The zero-order valence-corrected chi connectivity index (χ0v) is 11.4. The van der Waals surface area contributed by atoms with E-state index >= 15 is 0 Å². The van der Waals surface area contributed by atoms with Crippen LogP contribution in [0.2, 0.25) is 10.2 Å². The molecule has 16 heavy (non-hydrogen) atoms. The molecule has 0 aliphatic heterocycles. The van der Waals surface area contributed by atoms with Crippen LogP contribution in [-0.2, 0) is 6.42 Å². The number of rotatable bonds is 3. The van der Waals surface area contributed by atoms with E-state index in [2.05, 4.69) is 15.9 Å². The Morgan fingerprint density at radius 1 is 1.12 bits per heavy atom. The molecule has 0 amide bonds. The summed E-state index contributed by atoms with van der Waals surface area (Å²) in [5, 5.41) is 1.17. The third-order valence-electron chi connectivity index (χ3n) is 2.26. The average Bonchev–Trinajstić information content (AvgIpc) is 2.68. The summed E-state index contributed by atoms with van der Waals surface area (Å²) < 4.78 is 5.33. The molecule has 0 fully saturated rings. The highest BCUT2D eigenvalue weighted by molar-refractivity contribution is 9.09. The van der Waals surface area contributed by atoms with E-state index in [-0.39, 0.29) is 4.83 Å². The first-order valence-electron chi connectivity index (χ1n) is 4.79. The van der Waals surface area contributed by atoms with Gasteiger partial charge in [0.05, 0.1) is 4.83 Å². The first kappa shape index (κ1) is 12.0. The largest absolute Gasteiger partial charge is 0.449 e. The van der Waals surface area contributed by atoms with Gasteiger partial charge in [0.1, 0.15) is 5.76 Å². The van der Waals surface area contributed by atoms with Crippen molar-refractivity contribution in [2.24, 2.45) is 0 Å². The van der Waals surface area contributed by atoms with Crippen LogP contribution in [0.25, 0.3) is 0 Å². The molecule has 4 heteroatoms. The first-order chi connectivity index (χ1) is 7.66. The normalized spacial score (nSPS) is 12.7. The molecule has 0 N–H and O–H groups in total. The van der Waals surface area contributed by atoms with Crippen LogP contribution in [0.1, 0.15) is 16.2 Å². The summed E-state index contributed by atoms with van der Waals surface area (Å²) in [4.78, 5) is 0.0832. The monoisotopic (exact) mass is 318 g/mol. The third kappa shape index (κ3) is 2.82. The molecule has 0 aliphatic carbocycles. The van der Waals surface area contributed by atoms with Crippen molar-refractivity contribution < 1.29 is 4.42 Å². The molecule has 1 aromatic heterocycles. The molecule has 0 aliphatic rings. The van der Waals surface area contributed by atoms with Crippen molar-refractivity contribution in [3.8, 4) is 0 Å². The lowest BCUT2D eigenvalue weighted by molar-refractivity contribution is 0.509. The molecule has 1 unspecified atom stereocenters. The van der Waals surface area contributed by atoms with Crippen LogP contribution >= 0.6 is 39.1 Å². The van der Waals surface area contributed by atoms with Gasteiger partial charge >= 0.3 is 0 Å². The van der Waals surface area contributed by atoms with E-state index in [1.807, 2.05) is 30.3 Å². The zero-order chi connectivity index (χ0) is 11.5. The van der Waals surface area contributed by atoms with E-state index in [0.29, 0.717) is 5.22 Å². The molecule has 2 aromatic rings. The van der Waals surface area contributed by atoms with Gasteiger partial charge in [0.25, 0.3) is 0 Å². The summed E-state index contributed by atoms with van der Waals surface area (Å²) in [5.41, 5.74) is 1.08. The van der Waals surface area contributed by atoms with E-state index in [1.165, 1.54) is 0 Å². The summed E-state index contributed by atoms with van der Waals surface area (Å²) in [6.07, 6.45) is 0.767. The van der Waals surface area contributed by atoms with Crippen molar-refractivity contribution >= 4 is 39.1 Å². The average molecular weight is 320 g/mol. The van der Waals surface area contributed by atoms with Crippen molar-refractivity contribution in [1.82, 2.24) is 0 Å². The number of alkyl halides is 1. The fourth-order valence-corrected chi connectivity index (χ4v) is 2.41. The quantitative estimate of drug-likeness (QED) is 0.703. The molecular formula is C12H9BrCl2O. The Kier molecular flexibility index (Phi) is 3.95. The minimum absolute atomic E-state index is 0.0832. The maximum atomic E-state index is 6.08. The van der Waals surface area contributed by atoms with Crippen LogP contribution in [0, 0.1) is 0 Å². The summed E-state index contributed by atoms with van der Waals surface area (Å²) in [6.45, 7) is 0. The number of furan rings is 1. The molecule has 0 saturated carbocycles. The van der Waals surface area contributed by atoms with Gasteiger partial charge in [-0.05, 0) is 41.8 Å². The van der Waals surface area contributed by atoms with Gasteiger partial charge in [-0.25, -0.2) is 0 Å². The second-order valence-corrected chi connectivity index (χ2v) is 5.29. The number of hydrogen-bond acceptors (Lipinski definition) is 1. The maximum Gasteiger partial charge on any atom is 0.193 e. The second kappa shape index (κ2) is 5.26. The zero-order valence-electron chi connectivity index (χ0n) is 8.29. The van der Waals surface area contributed by atoms with Crippen LogP contribution < -0.4 is 0 Å². The summed E-state index contributed by atoms with van der Waals surface area (Å²) >= 11 is 15.4. The molecule has 0 saturated heterocycles. The Balaban J connectivity index is 2.13. The topological polar surface area (TPSA) is 13.1 Å². The summed E-state index contributed by atoms with van der Waals surface area (Å²) in [7, 11) is 0. The molecule has 1 atom stereocenters. The minimum atomic E-state index is 0.0832. The smallest absolute Gasteiger partial charge is 0.193 e. The predicted octanol–water partition coefficient (Wildman–Crippen LogP) is 5.27. The number of halogens is 3. The molecule has 0 radical (unpaired) electrons. The molecule has 1 aromatic carbocycles. The predicted molar refractivity (Wildman–Crippen MR) is 70.5 cm³/mol. The molecule has 0 bridgehead atoms. The van der Waals surface area contributed by atoms with Crippen LogP contribution in [0.15, 0.2) is 40.8 Å². The van der Waals surface area contributed by atoms with E-state index in [0.717, 1.165) is 22.8 Å². The first-order valence-corrected chi connectivity index (χ1v) is 6.46. The SMILES string of the molecule is Clc1ccc(C(Br)Cc2ccccc2Cl)o1. The van der Waals surface area contributed by atoms with E-state index in [1.54, 1.807) is 6.07 Å². The van der Waals surface area contributed by atoms with Crippen LogP contribution in [-0.4, -0.2) is 0 Å². The number of hydrogen-bond donors (Lipinski definition) is 0. The number of benzene rings is 1. The van der Waals surface area contributed by atoms with Crippen molar-refractivity contribution in [2.75, 3.05) is 0 Å². The Labute approximate surface area is 112 Å². The molecule has 0 spiro atoms. The van der Waals surface area contributed by atoms with Gasteiger partial charge in [0, 0.05) is 5.02 Å². The van der Waals surface area contributed by atoms with Crippen LogP contribution in [0.3, 0.4) is 0 Å². The van der Waals surface area contributed by atoms with Gasteiger partial charge < -0.3 is 4.42 Å². The highest BCUT2D eigenvalue weighted by atomic mass is 79.9. The summed E-state index contributed by atoms with van der Waals surface area (Å²) in [5.74, 6) is 0.810. The van der Waals surface area contributed by atoms with Gasteiger partial charge in [-0.1, -0.05) is 45.7 Å². The van der Waals surface area contributed by atoms with Gasteiger partial charge in [0.15, 0.2) is 5.22 Å². The van der Waals surface area contributed by atoms with Gasteiger partial charge in [-0.15, -0.1) is 0 Å². The lowest BCUT2D eigenvalue weighted by Gasteiger charge is -2.08. The molecule has 1 nitrogen and oxygen atoms in total. The lowest BCUT2D eigenvalue weighted by Crippen LogP contribution is -1.94. The third-order valence-corrected chi connectivity index (χ3v) is 3.61. The molecule has 1 heterocycles. The maximum absolute atomic E-state index is 6.08. The highest BCUT2D eigenvalue weighted by Crippen LogP contribution is 2.31. The Morgan fingerprint density at radius 2 is 1.88 bits per heavy atom. The Morgan fingerprint density at radius 3 is 2.50 bits per heavy atom. The lowest BCUT2D eigenvalue weighted by atomic mass is 10.1. The standard InChI is InChI=1S/C12H9BrCl2O/c13-9(11-5-6-12(15)16-11)7-8-3-1-2-4-10(8)14/h1-6,9H,7H2. The minimum Gasteiger partial charge on any atom is -0.449 e. The van der Waals surface area contributed by atoms with Crippen molar-refractivity contribution in [2.45, 2.75) is 11.2 Å². The Bertz CT molecular complexity index is 481. The van der Waals surface area contributed by atoms with Gasteiger partial charge in [-0.3, -0.25) is 0 Å². The van der Waals surface area contributed by atoms with Crippen molar-refractivity contribution in [3.63, 3.8) is 0 Å². The fourth-order valence-electron chi connectivity index (χ4n) is 1.45. The Hall–Kier alpha value is -0.440. The van der Waals surface area contributed by atoms with Gasteiger partial charge in [-0.2, -0.15) is 0 Å². The molecular weight excluding hydrogens is 311 g/mol. The van der Waals surface area contributed by atoms with E-state index in [4.69, 9.17) is 27.6 Å². The van der Waals surface area contributed by atoms with Crippen LogP contribution in [0.4, 0.5) is 0 Å². The highest BCUT2D eigenvalue weighted by Gasteiger charge is 2.13. The summed E-state index contributed by atoms with van der Waals surface area (Å²) in [6, 6.07) is 11.4. The van der Waals surface area contributed by atoms with Crippen molar-refractivity contribution in [3.05, 3.63) is 58.0 Å². The van der Waals surface area contributed by atoms with Crippen LogP contribution in [0.5, 0.6) is 0 Å². The second-order valence-electron chi connectivity index (χ2n) is 3.40.